The molecule has 0 spiro atoms. The predicted octanol–water partition coefficient (Wildman–Crippen LogP) is 8.82. The summed E-state index contributed by atoms with van der Waals surface area (Å²) in [5.74, 6) is -0.257. The van der Waals surface area contributed by atoms with E-state index < -0.39 is 0 Å². The van der Waals surface area contributed by atoms with Gasteiger partial charge in [0.2, 0.25) is 11.6 Å². The molecule has 5 aromatic carbocycles. The van der Waals surface area contributed by atoms with E-state index in [1.165, 1.54) is 5.56 Å². The van der Waals surface area contributed by atoms with Crippen LogP contribution in [-0.2, 0) is 22.4 Å². The van der Waals surface area contributed by atoms with Gasteiger partial charge in [0.05, 0.1) is 11.4 Å². The Bertz CT molecular complexity index is 2060. The van der Waals surface area contributed by atoms with Crippen molar-refractivity contribution in [3.05, 3.63) is 177 Å². The molecular formula is C43H36N4O2. The highest BCUT2D eigenvalue weighted by Crippen LogP contribution is 2.36. The molecular weight excluding hydrogens is 604 g/mol. The topological polar surface area (TPSA) is 82.9 Å². The molecule has 5 aromatic rings. The van der Waals surface area contributed by atoms with Crippen LogP contribution in [0.25, 0.3) is 12.2 Å². The number of aryl methyl sites for hydroxylation is 2. The Morgan fingerprint density at radius 3 is 1.43 bits per heavy atom. The van der Waals surface area contributed by atoms with Gasteiger partial charge in [0.15, 0.2) is 0 Å². The third-order valence-corrected chi connectivity index (χ3v) is 9.12. The molecule has 0 aromatic heterocycles. The lowest BCUT2D eigenvalue weighted by atomic mass is 9.83. The van der Waals surface area contributed by atoms with Gasteiger partial charge in [-0.3, -0.25) is 20.4 Å². The molecule has 6 nitrogen and oxygen atoms in total. The van der Waals surface area contributed by atoms with Gasteiger partial charge in [0.25, 0.3) is 0 Å². The summed E-state index contributed by atoms with van der Waals surface area (Å²) in [4.78, 5) is 25.5. The lowest BCUT2D eigenvalue weighted by Crippen LogP contribution is -2.19. The number of benzene rings is 5. The number of anilines is 2. The number of nitrogens with one attached hydrogen (secondary N) is 2. The summed E-state index contributed by atoms with van der Waals surface area (Å²) >= 11 is 0. The quantitative estimate of drug-likeness (QED) is 0.125. The largest absolute Gasteiger partial charge is 0.287 e. The summed E-state index contributed by atoms with van der Waals surface area (Å²) in [5.41, 5.74) is 18.3. The Morgan fingerprint density at radius 2 is 0.959 bits per heavy atom. The van der Waals surface area contributed by atoms with Crippen molar-refractivity contribution in [3.63, 3.8) is 0 Å². The van der Waals surface area contributed by atoms with E-state index in [0.29, 0.717) is 11.4 Å². The van der Waals surface area contributed by atoms with Crippen molar-refractivity contribution in [1.82, 2.24) is 0 Å². The SMILES string of the molecule is CCc1cc(C(c2ccccc2)c2ccc(N/N=C3\C(=O)C=Cc4ccccc43)c(CC)c2)ccc1N/N=C1\C(=O)C=Cc2ccccc21. The van der Waals surface area contributed by atoms with Crippen molar-refractivity contribution in [2.75, 3.05) is 10.9 Å². The Hall–Kier alpha value is -6.14. The molecule has 2 aliphatic rings. The molecule has 0 saturated carbocycles. The van der Waals surface area contributed by atoms with Crippen LogP contribution in [0.4, 0.5) is 11.4 Å². The number of hydrogen-bond acceptors (Lipinski definition) is 6. The van der Waals surface area contributed by atoms with E-state index in [-0.39, 0.29) is 17.5 Å². The summed E-state index contributed by atoms with van der Waals surface area (Å²) in [5, 5.41) is 9.20. The third-order valence-electron chi connectivity index (χ3n) is 9.12. The Labute approximate surface area is 286 Å². The van der Waals surface area contributed by atoms with Gasteiger partial charge in [-0.2, -0.15) is 10.2 Å². The fraction of sp³-hybridized carbons (Fsp3) is 0.116. The van der Waals surface area contributed by atoms with Gasteiger partial charge in [0, 0.05) is 17.0 Å². The van der Waals surface area contributed by atoms with E-state index in [9.17, 15) is 9.59 Å². The number of hydrazone groups is 2. The summed E-state index contributed by atoms with van der Waals surface area (Å²) in [7, 11) is 0. The second-order valence-electron chi connectivity index (χ2n) is 12.1. The third kappa shape index (κ3) is 6.41. The highest BCUT2D eigenvalue weighted by atomic mass is 16.1. The van der Waals surface area contributed by atoms with Gasteiger partial charge in [-0.25, -0.2) is 0 Å². The zero-order valence-electron chi connectivity index (χ0n) is 27.5. The van der Waals surface area contributed by atoms with Crippen molar-refractivity contribution < 1.29 is 9.59 Å². The molecule has 0 amide bonds. The van der Waals surface area contributed by atoms with Gasteiger partial charge in [-0.05, 0) is 76.1 Å². The van der Waals surface area contributed by atoms with E-state index >= 15 is 0 Å². The highest BCUT2D eigenvalue weighted by molar-refractivity contribution is 6.52. The normalized spacial score (nSPS) is 15.1. The zero-order valence-corrected chi connectivity index (χ0v) is 27.5. The summed E-state index contributed by atoms with van der Waals surface area (Å²) in [6.07, 6.45) is 8.38. The second kappa shape index (κ2) is 13.9. The monoisotopic (exact) mass is 640 g/mol. The van der Waals surface area contributed by atoms with E-state index in [1.807, 2.05) is 66.7 Å². The Morgan fingerprint density at radius 1 is 0.510 bits per heavy atom. The van der Waals surface area contributed by atoms with Crippen LogP contribution in [0, 0.1) is 0 Å². The van der Waals surface area contributed by atoms with Gasteiger partial charge in [-0.1, -0.05) is 129 Å². The second-order valence-corrected chi connectivity index (χ2v) is 12.1. The lowest BCUT2D eigenvalue weighted by Gasteiger charge is -2.22. The van der Waals surface area contributed by atoms with E-state index in [1.54, 1.807) is 12.2 Å². The lowest BCUT2D eigenvalue weighted by molar-refractivity contribution is -0.109. The average molecular weight is 641 g/mol. The van der Waals surface area contributed by atoms with Crippen molar-refractivity contribution in [3.8, 4) is 0 Å². The smallest absolute Gasteiger partial charge is 0.206 e. The number of nitrogens with zero attached hydrogens (tertiary/aromatic N) is 2. The maximum atomic E-state index is 12.8. The number of ketones is 2. The van der Waals surface area contributed by atoms with Gasteiger partial charge < -0.3 is 0 Å². The van der Waals surface area contributed by atoms with Crippen LogP contribution in [0.1, 0.15) is 69.8 Å². The predicted molar refractivity (Wildman–Crippen MR) is 200 cm³/mol. The van der Waals surface area contributed by atoms with Crippen LogP contribution < -0.4 is 10.9 Å². The number of allylic oxidation sites excluding steroid dienone is 2. The van der Waals surface area contributed by atoms with E-state index in [2.05, 4.69) is 95.6 Å². The number of carbonyl (C=O) groups is 2. The standard InChI is InChI=1S/C43H36N4O2/c1-3-28-26-33(18-22-37(28)44-46-42-35-16-10-8-12-30(35)20-24-39(42)48)41(32-14-6-5-7-15-32)34-19-23-38(29(4-2)27-34)45-47-43-36-17-11-9-13-31(36)21-25-40(43)49/h5-27,41,44-45H,3-4H2,1-2H3/b46-42-,47-43-. The van der Waals surface area contributed by atoms with E-state index in [0.717, 1.165) is 68.7 Å². The van der Waals surface area contributed by atoms with Crippen molar-refractivity contribution in [2.45, 2.75) is 32.6 Å². The minimum atomic E-state index is -0.118. The first kappa shape index (κ1) is 31.5. The molecule has 2 aliphatic carbocycles. The molecule has 0 saturated heterocycles. The van der Waals surface area contributed by atoms with Crippen molar-refractivity contribution in [2.24, 2.45) is 10.2 Å². The Balaban J connectivity index is 1.21. The minimum Gasteiger partial charge on any atom is -0.287 e. The van der Waals surface area contributed by atoms with Gasteiger partial charge in [-0.15, -0.1) is 0 Å². The fourth-order valence-corrected chi connectivity index (χ4v) is 6.55. The first-order valence-electron chi connectivity index (χ1n) is 16.7. The highest BCUT2D eigenvalue weighted by Gasteiger charge is 2.22. The van der Waals surface area contributed by atoms with Crippen LogP contribution in [0.2, 0.25) is 0 Å². The number of carbonyl (C=O) groups excluding carboxylic acids is 2. The van der Waals surface area contributed by atoms with Crippen molar-refractivity contribution in [1.29, 1.82) is 0 Å². The minimum absolute atomic E-state index is 0.0219. The Kier molecular flexibility index (Phi) is 8.94. The first-order valence-corrected chi connectivity index (χ1v) is 16.7. The van der Waals surface area contributed by atoms with Crippen LogP contribution in [0.15, 0.2) is 138 Å². The molecule has 0 bridgehead atoms. The molecule has 6 heteroatoms. The van der Waals surface area contributed by atoms with Crippen molar-refractivity contribution >= 4 is 46.5 Å². The van der Waals surface area contributed by atoms with Gasteiger partial charge >= 0.3 is 0 Å². The zero-order chi connectivity index (χ0) is 33.7. The van der Waals surface area contributed by atoms with Crippen LogP contribution in [-0.4, -0.2) is 23.0 Å². The molecule has 0 atom stereocenters. The van der Waals surface area contributed by atoms with Crippen LogP contribution >= 0.6 is 0 Å². The maximum absolute atomic E-state index is 12.8. The molecule has 0 heterocycles. The molecule has 0 fully saturated rings. The first-order chi connectivity index (χ1) is 24.0. The maximum Gasteiger partial charge on any atom is 0.206 e. The number of fused-ring (bicyclic) bond motifs is 2. The molecule has 240 valence electrons. The van der Waals surface area contributed by atoms with Crippen LogP contribution in [0.5, 0.6) is 0 Å². The average Bonchev–Trinajstić information content (AvgIpc) is 3.15. The molecule has 0 unspecified atom stereocenters. The fourth-order valence-electron chi connectivity index (χ4n) is 6.55. The van der Waals surface area contributed by atoms with Crippen LogP contribution in [0.3, 0.4) is 0 Å². The van der Waals surface area contributed by atoms with E-state index in [4.69, 9.17) is 0 Å². The molecule has 0 radical (unpaired) electrons. The molecule has 2 N–H and O–H groups in total. The molecule has 0 aliphatic heterocycles. The molecule has 49 heavy (non-hydrogen) atoms. The summed E-state index contributed by atoms with van der Waals surface area (Å²) in [6, 6.07) is 39.0. The summed E-state index contributed by atoms with van der Waals surface area (Å²) in [6.45, 7) is 4.25. The number of rotatable bonds is 9. The van der Waals surface area contributed by atoms with Gasteiger partial charge in [0.1, 0.15) is 11.4 Å². The summed E-state index contributed by atoms with van der Waals surface area (Å²) < 4.78 is 0. The molecule has 7 rings (SSSR count). The number of hydrogen-bond donors (Lipinski definition) is 2.